The van der Waals surface area contributed by atoms with E-state index in [4.69, 9.17) is 0 Å². The van der Waals surface area contributed by atoms with E-state index in [1.54, 1.807) is 37.7 Å². The van der Waals surface area contributed by atoms with Crippen molar-refractivity contribution in [3.63, 3.8) is 0 Å². The lowest BCUT2D eigenvalue weighted by Crippen LogP contribution is -2.34. The predicted octanol–water partition coefficient (Wildman–Crippen LogP) is 4.22. The van der Waals surface area contributed by atoms with Gasteiger partial charge in [0.25, 0.3) is 0 Å². The Morgan fingerprint density at radius 2 is 1.81 bits per heavy atom. The standard InChI is InChI=1S/C20H16F4N2O/c1-26-11-15(7-13-3-2-6-25-10-13)19(27)16(12-26)8-14-4-5-17(9-18(14)21)20(22,23)24/h2-10H,11-12H2,1H3/b15-7+,16-8+. The van der Waals surface area contributed by atoms with Crippen LogP contribution in [0.1, 0.15) is 16.7 Å². The van der Waals surface area contributed by atoms with Crippen LogP contribution in [0.4, 0.5) is 17.6 Å². The van der Waals surface area contributed by atoms with Gasteiger partial charge in [0.1, 0.15) is 5.82 Å². The number of alkyl halides is 3. The molecule has 0 atom stereocenters. The van der Waals surface area contributed by atoms with Gasteiger partial charge in [-0.25, -0.2) is 4.39 Å². The van der Waals surface area contributed by atoms with E-state index in [2.05, 4.69) is 4.98 Å². The number of halogens is 4. The Labute approximate surface area is 153 Å². The van der Waals surface area contributed by atoms with Crippen LogP contribution in [0.3, 0.4) is 0 Å². The van der Waals surface area contributed by atoms with Gasteiger partial charge in [-0.05, 0) is 43.0 Å². The molecule has 0 bridgehead atoms. The number of hydrogen-bond acceptors (Lipinski definition) is 3. The molecule has 27 heavy (non-hydrogen) atoms. The van der Waals surface area contributed by atoms with Gasteiger partial charge in [0.15, 0.2) is 5.78 Å². The van der Waals surface area contributed by atoms with Gasteiger partial charge in [0.2, 0.25) is 0 Å². The van der Waals surface area contributed by atoms with Crippen molar-refractivity contribution in [2.45, 2.75) is 6.18 Å². The number of carbonyl (C=O) groups excluding carboxylic acids is 1. The molecule has 3 rings (SSSR count). The molecule has 2 aromatic rings. The van der Waals surface area contributed by atoms with E-state index in [1.165, 1.54) is 6.08 Å². The third-order valence-electron chi connectivity index (χ3n) is 4.15. The molecule has 1 aliphatic rings. The minimum Gasteiger partial charge on any atom is -0.298 e. The lowest BCUT2D eigenvalue weighted by atomic mass is 9.94. The topological polar surface area (TPSA) is 33.2 Å². The van der Waals surface area contributed by atoms with Crippen molar-refractivity contribution in [3.05, 3.63) is 76.4 Å². The van der Waals surface area contributed by atoms with Gasteiger partial charge in [0, 0.05) is 42.2 Å². The molecule has 1 aromatic carbocycles. The van der Waals surface area contributed by atoms with Gasteiger partial charge in [-0.3, -0.25) is 14.7 Å². The second-order valence-corrected chi connectivity index (χ2v) is 6.36. The van der Waals surface area contributed by atoms with Crippen LogP contribution in [0.15, 0.2) is 53.9 Å². The average molecular weight is 376 g/mol. The lowest BCUT2D eigenvalue weighted by Gasteiger charge is -2.26. The van der Waals surface area contributed by atoms with Crippen molar-refractivity contribution < 1.29 is 22.4 Å². The van der Waals surface area contributed by atoms with Crippen molar-refractivity contribution >= 4 is 17.9 Å². The summed E-state index contributed by atoms with van der Waals surface area (Å²) in [5, 5.41) is 0. The van der Waals surface area contributed by atoms with Crippen molar-refractivity contribution in [2.75, 3.05) is 20.1 Å². The number of piperidine rings is 1. The first-order valence-electron chi connectivity index (χ1n) is 8.15. The van der Waals surface area contributed by atoms with E-state index < -0.39 is 17.6 Å². The maximum absolute atomic E-state index is 14.1. The summed E-state index contributed by atoms with van der Waals surface area (Å²) < 4.78 is 52.1. The number of pyridine rings is 1. The molecule has 0 N–H and O–H groups in total. The first-order valence-corrected chi connectivity index (χ1v) is 8.15. The molecule has 0 spiro atoms. The highest BCUT2D eigenvalue weighted by molar-refractivity contribution is 6.14. The Morgan fingerprint density at radius 1 is 1.11 bits per heavy atom. The molecule has 1 saturated heterocycles. The fourth-order valence-electron chi connectivity index (χ4n) is 2.88. The zero-order chi connectivity index (χ0) is 19.6. The molecule has 3 nitrogen and oxygen atoms in total. The molecule has 2 heterocycles. The van der Waals surface area contributed by atoms with Gasteiger partial charge >= 0.3 is 6.18 Å². The van der Waals surface area contributed by atoms with E-state index >= 15 is 0 Å². The maximum atomic E-state index is 14.1. The highest BCUT2D eigenvalue weighted by atomic mass is 19.4. The summed E-state index contributed by atoms with van der Waals surface area (Å²) in [7, 11) is 1.81. The molecule has 0 radical (unpaired) electrons. The summed E-state index contributed by atoms with van der Waals surface area (Å²) in [5.41, 5.74) is 0.470. The van der Waals surface area contributed by atoms with Crippen LogP contribution < -0.4 is 0 Å². The monoisotopic (exact) mass is 376 g/mol. The van der Waals surface area contributed by atoms with E-state index in [0.29, 0.717) is 23.8 Å². The fourth-order valence-corrected chi connectivity index (χ4v) is 2.88. The third-order valence-corrected chi connectivity index (χ3v) is 4.15. The van der Waals surface area contributed by atoms with E-state index in [-0.39, 0.29) is 17.9 Å². The minimum absolute atomic E-state index is 0.0534. The van der Waals surface area contributed by atoms with Crippen molar-refractivity contribution in [1.29, 1.82) is 0 Å². The van der Waals surface area contributed by atoms with Crippen LogP contribution in [0.5, 0.6) is 0 Å². The number of aromatic nitrogens is 1. The van der Waals surface area contributed by atoms with Crippen LogP contribution in [0.25, 0.3) is 12.2 Å². The number of hydrogen-bond donors (Lipinski definition) is 0. The Balaban J connectivity index is 1.94. The van der Waals surface area contributed by atoms with Crippen LogP contribution in [-0.4, -0.2) is 35.8 Å². The molecule has 1 fully saturated rings. The first-order chi connectivity index (χ1) is 12.7. The van der Waals surface area contributed by atoms with Gasteiger partial charge < -0.3 is 0 Å². The van der Waals surface area contributed by atoms with Gasteiger partial charge in [-0.15, -0.1) is 0 Å². The number of likely N-dealkylation sites (N-methyl/N-ethyl adjacent to an activating group) is 1. The fraction of sp³-hybridized carbons (Fsp3) is 0.200. The summed E-state index contributed by atoms with van der Waals surface area (Å²) in [6.07, 6.45) is 1.64. The van der Waals surface area contributed by atoms with Gasteiger partial charge in [-0.2, -0.15) is 13.2 Å². The van der Waals surface area contributed by atoms with Gasteiger partial charge in [0.05, 0.1) is 5.56 Å². The largest absolute Gasteiger partial charge is 0.416 e. The highest BCUT2D eigenvalue weighted by Gasteiger charge is 2.31. The number of likely N-dealkylation sites (tertiary alicyclic amines) is 1. The number of rotatable bonds is 2. The Morgan fingerprint density at radius 3 is 2.41 bits per heavy atom. The van der Waals surface area contributed by atoms with Crippen LogP contribution in [0.2, 0.25) is 0 Å². The molecule has 1 aliphatic heterocycles. The Hall–Kier alpha value is -2.80. The number of carbonyl (C=O) groups is 1. The molecule has 1 aromatic heterocycles. The number of benzene rings is 1. The quantitative estimate of drug-likeness (QED) is 0.581. The van der Waals surface area contributed by atoms with Gasteiger partial charge in [-0.1, -0.05) is 12.1 Å². The summed E-state index contributed by atoms with van der Waals surface area (Å²) in [6.45, 7) is 0.699. The molecule has 140 valence electrons. The SMILES string of the molecule is CN1C/C(=C\c2cccnc2)C(=O)/C(=C/c2ccc(C(F)(F)F)cc2F)C1. The Bertz CT molecular complexity index is 917. The second-order valence-electron chi connectivity index (χ2n) is 6.36. The summed E-state index contributed by atoms with van der Waals surface area (Å²) >= 11 is 0. The lowest BCUT2D eigenvalue weighted by molar-refractivity contribution is -0.137. The molecular weight excluding hydrogens is 360 g/mol. The second kappa shape index (κ2) is 7.44. The molecule has 0 unspecified atom stereocenters. The molecule has 0 saturated carbocycles. The van der Waals surface area contributed by atoms with Crippen molar-refractivity contribution in [3.8, 4) is 0 Å². The van der Waals surface area contributed by atoms with Crippen molar-refractivity contribution in [1.82, 2.24) is 9.88 Å². The van der Waals surface area contributed by atoms with Crippen LogP contribution in [-0.2, 0) is 11.0 Å². The van der Waals surface area contributed by atoms with E-state index in [0.717, 1.165) is 17.7 Å². The zero-order valence-electron chi connectivity index (χ0n) is 14.4. The third kappa shape index (κ3) is 4.49. The normalized spacial score (nSPS) is 19.1. The first kappa shape index (κ1) is 19.0. The van der Waals surface area contributed by atoms with E-state index in [9.17, 15) is 22.4 Å². The molecule has 0 amide bonds. The minimum atomic E-state index is -4.62. The maximum Gasteiger partial charge on any atom is 0.416 e. The van der Waals surface area contributed by atoms with Crippen molar-refractivity contribution in [2.24, 2.45) is 0 Å². The average Bonchev–Trinajstić information content (AvgIpc) is 2.60. The smallest absolute Gasteiger partial charge is 0.298 e. The molecular formula is C20H16F4N2O. The highest BCUT2D eigenvalue weighted by Crippen LogP contribution is 2.31. The zero-order valence-corrected chi connectivity index (χ0v) is 14.4. The Kier molecular flexibility index (Phi) is 5.23. The van der Waals surface area contributed by atoms with E-state index in [1.807, 2.05) is 4.90 Å². The summed E-state index contributed by atoms with van der Waals surface area (Å²) in [4.78, 5) is 18.6. The summed E-state index contributed by atoms with van der Waals surface area (Å²) in [6, 6.07) is 5.84. The number of Topliss-reactive ketones (excluding diaryl/α,β-unsaturated/α-hetero) is 1. The van der Waals surface area contributed by atoms with Crippen LogP contribution >= 0.6 is 0 Å². The van der Waals surface area contributed by atoms with Crippen LogP contribution in [0, 0.1) is 5.82 Å². The number of ketones is 1. The molecule has 7 heteroatoms. The predicted molar refractivity (Wildman–Crippen MR) is 94.1 cm³/mol. The molecule has 0 aliphatic carbocycles. The summed E-state index contributed by atoms with van der Waals surface area (Å²) in [5.74, 6) is -1.27. The number of nitrogens with zero attached hydrogens (tertiary/aromatic N) is 2.